The molecule has 90 valence electrons. The maximum atomic E-state index is 12.6. The van der Waals surface area contributed by atoms with Crippen molar-refractivity contribution in [2.45, 2.75) is 46.1 Å². The highest BCUT2D eigenvalue weighted by Crippen LogP contribution is 2.10. The van der Waals surface area contributed by atoms with Gasteiger partial charge < -0.3 is 5.32 Å². The number of hydrogen-bond acceptors (Lipinski definition) is 3. The molecule has 4 heteroatoms. The Kier molecular flexibility index (Phi) is 5.15. The molecule has 1 atom stereocenters. The van der Waals surface area contributed by atoms with Crippen LogP contribution < -0.4 is 5.32 Å². The largest absolute Gasteiger partial charge is 0.352 e. The van der Waals surface area contributed by atoms with Gasteiger partial charge in [0, 0.05) is 6.04 Å². The van der Waals surface area contributed by atoms with Crippen molar-refractivity contribution in [1.82, 2.24) is 9.97 Å². The fourth-order valence-corrected chi connectivity index (χ4v) is 1.51. The van der Waals surface area contributed by atoms with Crippen LogP contribution in [0.3, 0.4) is 0 Å². The standard InChI is InChI=1S/C12H20FN3/c1-9(2)5-4-6-10(3)16-12-14-7-11(13)8-15-12/h7-10H,4-6H2,1-3H3,(H,14,15,16). The first kappa shape index (κ1) is 12.9. The number of nitrogens with one attached hydrogen (secondary N) is 1. The summed E-state index contributed by atoms with van der Waals surface area (Å²) in [4.78, 5) is 7.73. The van der Waals surface area contributed by atoms with Crippen LogP contribution in [0.15, 0.2) is 12.4 Å². The topological polar surface area (TPSA) is 37.8 Å². The zero-order valence-electron chi connectivity index (χ0n) is 10.2. The third-order valence-electron chi connectivity index (χ3n) is 2.41. The van der Waals surface area contributed by atoms with Crippen molar-refractivity contribution in [3.8, 4) is 0 Å². The fraction of sp³-hybridized carbons (Fsp3) is 0.667. The van der Waals surface area contributed by atoms with Gasteiger partial charge in [-0.15, -0.1) is 0 Å². The van der Waals surface area contributed by atoms with E-state index in [0.29, 0.717) is 12.0 Å². The van der Waals surface area contributed by atoms with Gasteiger partial charge in [-0.3, -0.25) is 0 Å². The van der Waals surface area contributed by atoms with E-state index in [0.717, 1.165) is 12.3 Å². The molecule has 0 radical (unpaired) electrons. The molecular formula is C12H20FN3. The third kappa shape index (κ3) is 5.05. The van der Waals surface area contributed by atoms with Crippen LogP contribution in [0.4, 0.5) is 10.3 Å². The molecule has 1 unspecified atom stereocenters. The number of aromatic nitrogens is 2. The van der Waals surface area contributed by atoms with Gasteiger partial charge >= 0.3 is 0 Å². The molecule has 3 nitrogen and oxygen atoms in total. The summed E-state index contributed by atoms with van der Waals surface area (Å²) in [7, 11) is 0. The Labute approximate surface area is 96.5 Å². The first-order valence-corrected chi connectivity index (χ1v) is 5.82. The van der Waals surface area contributed by atoms with Crippen LogP contribution in [0.1, 0.15) is 40.0 Å². The predicted molar refractivity (Wildman–Crippen MR) is 63.8 cm³/mol. The first-order valence-electron chi connectivity index (χ1n) is 5.82. The van der Waals surface area contributed by atoms with Crippen molar-refractivity contribution in [3.63, 3.8) is 0 Å². The van der Waals surface area contributed by atoms with Crippen LogP contribution >= 0.6 is 0 Å². The first-order chi connectivity index (χ1) is 7.58. The van der Waals surface area contributed by atoms with E-state index in [9.17, 15) is 4.39 Å². The number of nitrogens with zero attached hydrogens (tertiary/aromatic N) is 2. The average Bonchev–Trinajstić information content (AvgIpc) is 2.21. The zero-order chi connectivity index (χ0) is 12.0. The second-order valence-electron chi connectivity index (χ2n) is 4.60. The quantitative estimate of drug-likeness (QED) is 0.807. The van der Waals surface area contributed by atoms with Gasteiger partial charge in [-0.1, -0.05) is 26.7 Å². The molecule has 0 aliphatic carbocycles. The fourth-order valence-electron chi connectivity index (χ4n) is 1.51. The van der Waals surface area contributed by atoms with Crippen molar-refractivity contribution >= 4 is 5.95 Å². The molecule has 1 aromatic rings. The average molecular weight is 225 g/mol. The SMILES string of the molecule is CC(C)CCCC(C)Nc1ncc(F)cn1. The Morgan fingerprint density at radius 3 is 2.38 bits per heavy atom. The highest BCUT2D eigenvalue weighted by atomic mass is 19.1. The summed E-state index contributed by atoms with van der Waals surface area (Å²) in [6.45, 7) is 6.54. The summed E-state index contributed by atoms with van der Waals surface area (Å²) in [6, 6.07) is 0.323. The van der Waals surface area contributed by atoms with E-state index in [2.05, 4.69) is 36.1 Å². The molecule has 1 rings (SSSR count). The normalized spacial score (nSPS) is 12.8. The molecule has 0 aliphatic heterocycles. The number of rotatable bonds is 6. The molecule has 0 aliphatic rings. The van der Waals surface area contributed by atoms with Gasteiger partial charge in [0.1, 0.15) is 0 Å². The minimum Gasteiger partial charge on any atom is -0.352 e. The van der Waals surface area contributed by atoms with Crippen LogP contribution in [-0.4, -0.2) is 16.0 Å². The van der Waals surface area contributed by atoms with E-state index in [1.165, 1.54) is 25.2 Å². The Balaban J connectivity index is 2.28. The lowest BCUT2D eigenvalue weighted by molar-refractivity contribution is 0.519. The van der Waals surface area contributed by atoms with E-state index in [-0.39, 0.29) is 0 Å². The Bertz CT molecular complexity index is 298. The summed E-state index contributed by atoms with van der Waals surface area (Å²) < 4.78 is 12.6. The Hall–Kier alpha value is -1.19. The van der Waals surface area contributed by atoms with Crippen LogP contribution in [0.5, 0.6) is 0 Å². The highest BCUT2D eigenvalue weighted by Gasteiger charge is 2.04. The van der Waals surface area contributed by atoms with E-state index < -0.39 is 5.82 Å². The van der Waals surface area contributed by atoms with E-state index in [1.807, 2.05) is 0 Å². The van der Waals surface area contributed by atoms with Gasteiger partial charge in [0.05, 0.1) is 12.4 Å². The van der Waals surface area contributed by atoms with Gasteiger partial charge in [0.15, 0.2) is 5.82 Å². The highest BCUT2D eigenvalue weighted by molar-refractivity contribution is 5.23. The second-order valence-corrected chi connectivity index (χ2v) is 4.60. The molecule has 1 heterocycles. The van der Waals surface area contributed by atoms with Crippen LogP contribution in [0.25, 0.3) is 0 Å². The number of anilines is 1. The molecule has 1 N–H and O–H groups in total. The Morgan fingerprint density at radius 1 is 1.19 bits per heavy atom. The molecule has 0 saturated carbocycles. The molecule has 0 saturated heterocycles. The summed E-state index contributed by atoms with van der Waals surface area (Å²) in [5.41, 5.74) is 0. The van der Waals surface area contributed by atoms with Gasteiger partial charge in [-0.25, -0.2) is 14.4 Å². The van der Waals surface area contributed by atoms with Crippen LogP contribution in [0.2, 0.25) is 0 Å². The van der Waals surface area contributed by atoms with E-state index >= 15 is 0 Å². The van der Waals surface area contributed by atoms with Crippen molar-refractivity contribution in [2.24, 2.45) is 5.92 Å². The maximum absolute atomic E-state index is 12.6. The number of hydrogen-bond donors (Lipinski definition) is 1. The number of halogens is 1. The minimum absolute atomic E-state index is 0.323. The molecule has 0 bridgehead atoms. The van der Waals surface area contributed by atoms with Gasteiger partial charge in [-0.05, 0) is 19.3 Å². The van der Waals surface area contributed by atoms with Crippen LogP contribution in [0, 0.1) is 11.7 Å². The lowest BCUT2D eigenvalue weighted by Crippen LogP contribution is -2.17. The van der Waals surface area contributed by atoms with E-state index in [4.69, 9.17) is 0 Å². The van der Waals surface area contributed by atoms with Gasteiger partial charge in [-0.2, -0.15) is 0 Å². The molecule has 0 aromatic carbocycles. The third-order valence-corrected chi connectivity index (χ3v) is 2.41. The summed E-state index contributed by atoms with van der Waals surface area (Å²) >= 11 is 0. The minimum atomic E-state index is -0.405. The Morgan fingerprint density at radius 2 is 1.81 bits per heavy atom. The smallest absolute Gasteiger partial charge is 0.222 e. The van der Waals surface area contributed by atoms with Gasteiger partial charge in [0.2, 0.25) is 5.95 Å². The van der Waals surface area contributed by atoms with Crippen molar-refractivity contribution in [3.05, 3.63) is 18.2 Å². The van der Waals surface area contributed by atoms with Crippen LogP contribution in [-0.2, 0) is 0 Å². The lowest BCUT2D eigenvalue weighted by Gasteiger charge is -2.13. The van der Waals surface area contributed by atoms with Crippen molar-refractivity contribution in [2.75, 3.05) is 5.32 Å². The lowest BCUT2D eigenvalue weighted by atomic mass is 10.0. The summed E-state index contributed by atoms with van der Waals surface area (Å²) in [5, 5.41) is 3.15. The van der Waals surface area contributed by atoms with E-state index in [1.54, 1.807) is 0 Å². The maximum Gasteiger partial charge on any atom is 0.222 e. The molecule has 16 heavy (non-hydrogen) atoms. The predicted octanol–water partition coefficient (Wildman–Crippen LogP) is 3.24. The molecule has 1 aromatic heterocycles. The molecule has 0 fully saturated rings. The summed E-state index contributed by atoms with van der Waals surface area (Å²) in [5.74, 6) is 0.839. The molecule has 0 spiro atoms. The summed E-state index contributed by atoms with van der Waals surface area (Å²) in [6.07, 6.45) is 5.86. The zero-order valence-corrected chi connectivity index (χ0v) is 10.2. The van der Waals surface area contributed by atoms with Gasteiger partial charge in [0.25, 0.3) is 0 Å². The van der Waals surface area contributed by atoms with Crippen molar-refractivity contribution in [1.29, 1.82) is 0 Å². The second kappa shape index (κ2) is 6.40. The molecular weight excluding hydrogens is 205 g/mol. The molecule has 0 amide bonds. The monoisotopic (exact) mass is 225 g/mol. The van der Waals surface area contributed by atoms with Crippen molar-refractivity contribution < 1.29 is 4.39 Å².